The van der Waals surface area contributed by atoms with Crippen LogP contribution < -0.4 is 10.6 Å². The second-order valence-electron chi connectivity index (χ2n) is 5.27. The number of hydrogen-bond acceptors (Lipinski definition) is 3. The summed E-state index contributed by atoms with van der Waals surface area (Å²) in [6.07, 6.45) is 7.34. The summed E-state index contributed by atoms with van der Waals surface area (Å²) in [6.45, 7) is 4.31. The number of nitrogens with one attached hydrogen (secondary N) is 2. The van der Waals surface area contributed by atoms with Crippen LogP contribution in [-0.2, 0) is 0 Å². The Hall–Kier alpha value is -1.25. The third-order valence-corrected chi connectivity index (χ3v) is 4.09. The molecular weight excluding hydrogens is 198 g/mol. The predicted octanol–water partition coefficient (Wildman–Crippen LogP) is 2.79. The van der Waals surface area contributed by atoms with Gasteiger partial charge >= 0.3 is 0 Å². The zero-order valence-electron chi connectivity index (χ0n) is 9.84. The molecule has 1 aromatic rings. The maximum atomic E-state index is 4.42. The van der Waals surface area contributed by atoms with Gasteiger partial charge in [-0.25, -0.2) is 4.98 Å². The Morgan fingerprint density at radius 1 is 1.19 bits per heavy atom. The van der Waals surface area contributed by atoms with Gasteiger partial charge in [-0.1, -0.05) is 12.8 Å². The quantitative estimate of drug-likeness (QED) is 0.701. The monoisotopic (exact) mass is 217 g/mol. The summed E-state index contributed by atoms with van der Waals surface area (Å²) in [5.41, 5.74) is 2.95. The van der Waals surface area contributed by atoms with Crippen LogP contribution >= 0.6 is 0 Å². The molecule has 1 spiro atoms. The van der Waals surface area contributed by atoms with Crippen LogP contribution in [0.3, 0.4) is 0 Å². The Bertz CT molecular complexity index is 394. The first-order chi connectivity index (χ1) is 7.79. The van der Waals surface area contributed by atoms with Crippen molar-refractivity contribution >= 4 is 11.5 Å². The Morgan fingerprint density at radius 2 is 1.94 bits per heavy atom. The van der Waals surface area contributed by atoms with E-state index in [2.05, 4.69) is 28.6 Å². The fraction of sp³-hybridized carbons (Fsp3) is 0.615. The molecule has 0 saturated heterocycles. The SMILES string of the molecule is Cc1ccnc2c1NCC1(CCCC1)CN2. The molecule has 16 heavy (non-hydrogen) atoms. The highest BCUT2D eigenvalue weighted by Gasteiger charge is 2.35. The van der Waals surface area contributed by atoms with Crippen molar-refractivity contribution in [1.82, 2.24) is 4.98 Å². The van der Waals surface area contributed by atoms with Crippen molar-refractivity contribution in [3.8, 4) is 0 Å². The van der Waals surface area contributed by atoms with Gasteiger partial charge in [0, 0.05) is 24.7 Å². The molecule has 0 bridgehead atoms. The van der Waals surface area contributed by atoms with Crippen LogP contribution in [0.4, 0.5) is 11.5 Å². The van der Waals surface area contributed by atoms with Gasteiger partial charge in [-0.3, -0.25) is 0 Å². The fourth-order valence-corrected chi connectivity index (χ4v) is 3.00. The average Bonchev–Trinajstić information content (AvgIpc) is 2.65. The minimum atomic E-state index is 0.465. The summed E-state index contributed by atoms with van der Waals surface area (Å²) >= 11 is 0. The van der Waals surface area contributed by atoms with Gasteiger partial charge in [-0.05, 0) is 31.4 Å². The Morgan fingerprint density at radius 3 is 2.75 bits per heavy atom. The fourth-order valence-electron chi connectivity index (χ4n) is 3.00. The summed E-state index contributed by atoms with van der Waals surface area (Å²) in [5, 5.41) is 7.13. The van der Waals surface area contributed by atoms with Crippen LogP contribution in [0.1, 0.15) is 31.2 Å². The zero-order valence-corrected chi connectivity index (χ0v) is 9.84. The molecule has 2 aliphatic rings. The van der Waals surface area contributed by atoms with E-state index in [0.717, 1.165) is 18.9 Å². The lowest BCUT2D eigenvalue weighted by molar-refractivity contribution is 0.346. The maximum Gasteiger partial charge on any atom is 0.149 e. The van der Waals surface area contributed by atoms with Gasteiger partial charge in [0.15, 0.2) is 0 Å². The minimum absolute atomic E-state index is 0.465. The summed E-state index contributed by atoms with van der Waals surface area (Å²) < 4.78 is 0. The van der Waals surface area contributed by atoms with Crippen molar-refractivity contribution < 1.29 is 0 Å². The largest absolute Gasteiger partial charge is 0.381 e. The summed E-state index contributed by atoms with van der Waals surface area (Å²) in [4.78, 5) is 4.42. The normalized spacial score (nSPS) is 22.1. The number of anilines is 2. The Kier molecular flexibility index (Phi) is 2.27. The molecule has 1 aliphatic carbocycles. The molecular formula is C13H19N3. The number of nitrogens with zero attached hydrogens (tertiary/aromatic N) is 1. The van der Waals surface area contributed by atoms with Crippen LogP contribution in [0.15, 0.2) is 12.3 Å². The van der Waals surface area contributed by atoms with Crippen molar-refractivity contribution in [2.24, 2.45) is 5.41 Å². The molecule has 3 heteroatoms. The van der Waals surface area contributed by atoms with E-state index in [0.29, 0.717) is 5.41 Å². The van der Waals surface area contributed by atoms with Gasteiger partial charge in [0.1, 0.15) is 5.82 Å². The third-order valence-electron chi connectivity index (χ3n) is 4.09. The molecule has 2 N–H and O–H groups in total. The minimum Gasteiger partial charge on any atom is -0.381 e. The van der Waals surface area contributed by atoms with Crippen molar-refractivity contribution in [1.29, 1.82) is 0 Å². The molecule has 1 saturated carbocycles. The maximum absolute atomic E-state index is 4.42. The second kappa shape index (κ2) is 3.65. The van der Waals surface area contributed by atoms with Gasteiger partial charge in [-0.15, -0.1) is 0 Å². The molecule has 0 amide bonds. The lowest BCUT2D eigenvalue weighted by Crippen LogP contribution is -2.31. The first kappa shape index (κ1) is 9.94. The van der Waals surface area contributed by atoms with E-state index in [-0.39, 0.29) is 0 Å². The van der Waals surface area contributed by atoms with Crippen LogP contribution in [0.5, 0.6) is 0 Å². The van der Waals surface area contributed by atoms with E-state index in [9.17, 15) is 0 Å². The van der Waals surface area contributed by atoms with Crippen molar-refractivity contribution in [3.05, 3.63) is 17.8 Å². The number of aryl methyl sites for hydroxylation is 1. The summed E-state index contributed by atoms with van der Waals surface area (Å²) in [7, 11) is 0. The van der Waals surface area contributed by atoms with Gasteiger partial charge in [-0.2, -0.15) is 0 Å². The van der Waals surface area contributed by atoms with Crippen LogP contribution in [0.25, 0.3) is 0 Å². The molecule has 2 heterocycles. The molecule has 3 nitrogen and oxygen atoms in total. The van der Waals surface area contributed by atoms with Crippen molar-refractivity contribution in [3.63, 3.8) is 0 Å². The molecule has 0 radical (unpaired) electrons. The molecule has 0 aromatic carbocycles. The number of rotatable bonds is 0. The van der Waals surface area contributed by atoms with E-state index in [4.69, 9.17) is 0 Å². The van der Waals surface area contributed by atoms with E-state index >= 15 is 0 Å². The van der Waals surface area contributed by atoms with Gasteiger partial charge in [0.25, 0.3) is 0 Å². The summed E-state index contributed by atoms with van der Waals surface area (Å²) in [5.74, 6) is 1.03. The van der Waals surface area contributed by atoms with Crippen LogP contribution in [0, 0.1) is 12.3 Å². The van der Waals surface area contributed by atoms with Gasteiger partial charge < -0.3 is 10.6 Å². The summed E-state index contributed by atoms with van der Waals surface area (Å²) in [6, 6.07) is 2.07. The smallest absolute Gasteiger partial charge is 0.149 e. The van der Waals surface area contributed by atoms with E-state index in [1.165, 1.54) is 36.9 Å². The standard InChI is InChI=1S/C13H19N3/c1-10-4-7-14-12-11(10)15-8-13(9-16-12)5-2-3-6-13/h4,7,15H,2-3,5-6,8-9H2,1H3,(H,14,16). The Balaban J connectivity index is 1.89. The third kappa shape index (κ3) is 1.55. The number of hydrogen-bond donors (Lipinski definition) is 2. The number of aromatic nitrogens is 1. The molecule has 1 aliphatic heterocycles. The highest BCUT2D eigenvalue weighted by molar-refractivity contribution is 5.69. The number of pyridine rings is 1. The molecule has 0 unspecified atom stereocenters. The molecule has 1 aromatic heterocycles. The topological polar surface area (TPSA) is 37.0 Å². The van der Waals surface area contributed by atoms with Crippen molar-refractivity contribution in [2.45, 2.75) is 32.6 Å². The first-order valence-corrected chi connectivity index (χ1v) is 6.23. The predicted molar refractivity (Wildman–Crippen MR) is 66.9 cm³/mol. The average molecular weight is 217 g/mol. The van der Waals surface area contributed by atoms with Crippen LogP contribution in [0.2, 0.25) is 0 Å². The van der Waals surface area contributed by atoms with Gasteiger partial charge in [0.05, 0.1) is 5.69 Å². The van der Waals surface area contributed by atoms with Crippen molar-refractivity contribution in [2.75, 3.05) is 23.7 Å². The molecule has 0 atom stereocenters. The van der Waals surface area contributed by atoms with E-state index < -0.39 is 0 Å². The second-order valence-corrected chi connectivity index (χ2v) is 5.27. The highest BCUT2D eigenvalue weighted by atomic mass is 15.1. The van der Waals surface area contributed by atoms with E-state index in [1.807, 2.05) is 6.20 Å². The highest BCUT2D eigenvalue weighted by Crippen LogP contribution is 2.41. The van der Waals surface area contributed by atoms with E-state index in [1.54, 1.807) is 0 Å². The first-order valence-electron chi connectivity index (χ1n) is 6.23. The van der Waals surface area contributed by atoms with Crippen LogP contribution in [-0.4, -0.2) is 18.1 Å². The molecule has 1 fully saturated rings. The van der Waals surface area contributed by atoms with Gasteiger partial charge in [0.2, 0.25) is 0 Å². The zero-order chi connectivity index (χ0) is 11.0. The molecule has 86 valence electrons. The molecule has 3 rings (SSSR count). The lowest BCUT2D eigenvalue weighted by Gasteiger charge is -2.26. The number of fused-ring (bicyclic) bond motifs is 1. The lowest BCUT2D eigenvalue weighted by atomic mass is 9.86. The Labute approximate surface area is 96.7 Å².